The number of anilines is 3. The average Bonchev–Trinajstić information content (AvgIpc) is 3.79. The summed E-state index contributed by atoms with van der Waals surface area (Å²) < 4.78 is 2.38. The zero-order valence-corrected chi connectivity index (χ0v) is 33.1. The lowest BCUT2D eigenvalue weighted by molar-refractivity contribution is 0.655. The number of para-hydroxylation sites is 2. The Labute approximate surface area is 335 Å². The van der Waals surface area contributed by atoms with Crippen molar-refractivity contribution in [2.75, 3.05) is 4.90 Å². The smallest absolute Gasteiger partial charge is 0.0541 e. The van der Waals surface area contributed by atoms with Crippen LogP contribution in [0.2, 0.25) is 0 Å². The van der Waals surface area contributed by atoms with Gasteiger partial charge in [-0.15, -0.1) is 0 Å². The standard InChI is InChI=1S/C55H44N2/c1-35-50(32-30-45-42-18-10-13-21-48(42)55(4,5)53(35)45)56(40-28-29-43-41-17-9-12-20-47(41)54(2,3)49(43)34-40)39-26-23-36(24-27-39)37-25-31-52-46(33-37)44-19-11-14-22-51(44)57(52)38-15-7-6-8-16-38/h6-34H,1-5H3. The minimum atomic E-state index is -0.106. The van der Waals surface area contributed by atoms with Gasteiger partial charge in [-0.1, -0.05) is 143 Å². The molecule has 0 spiro atoms. The van der Waals surface area contributed by atoms with Crippen molar-refractivity contribution in [3.05, 3.63) is 204 Å². The molecule has 2 aliphatic carbocycles. The maximum Gasteiger partial charge on any atom is 0.0541 e. The molecule has 2 nitrogen and oxygen atoms in total. The van der Waals surface area contributed by atoms with Crippen LogP contribution in [0.5, 0.6) is 0 Å². The Hall–Kier alpha value is -6.64. The van der Waals surface area contributed by atoms with E-state index in [0.717, 1.165) is 5.69 Å². The van der Waals surface area contributed by atoms with Gasteiger partial charge in [-0.05, 0) is 129 Å². The van der Waals surface area contributed by atoms with Crippen LogP contribution in [0.15, 0.2) is 176 Å². The van der Waals surface area contributed by atoms with Gasteiger partial charge < -0.3 is 9.47 Å². The van der Waals surface area contributed by atoms with Crippen molar-refractivity contribution in [3.8, 4) is 39.1 Å². The van der Waals surface area contributed by atoms with Crippen molar-refractivity contribution in [1.29, 1.82) is 0 Å². The van der Waals surface area contributed by atoms with E-state index in [4.69, 9.17) is 0 Å². The molecule has 0 fully saturated rings. The van der Waals surface area contributed by atoms with Crippen molar-refractivity contribution in [2.45, 2.75) is 45.4 Å². The maximum absolute atomic E-state index is 2.49. The van der Waals surface area contributed by atoms with Crippen molar-refractivity contribution in [1.82, 2.24) is 4.57 Å². The molecule has 2 aliphatic rings. The maximum atomic E-state index is 2.49. The Morgan fingerprint density at radius 3 is 1.77 bits per heavy atom. The second kappa shape index (κ2) is 12.2. The number of fused-ring (bicyclic) bond motifs is 9. The molecule has 57 heavy (non-hydrogen) atoms. The first-order valence-electron chi connectivity index (χ1n) is 20.2. The summed E-state index contributed by atoms with van der Waals surface area (Å²) in [5, 5.41) is 2.52. The van der Waals surface area contributed by atoms with Crippen LogP contribution >= 0.6 is 0 Å². The highest BCUT2D eigenvalue weighted by Gasteiger charge is 2.39. The second-order valence-corrected chi connectivity index (χ2v) is 17.0. The summed E-state index contributed by atoms with van der Waals surface area (Å²) in [5.41, 5.74) is 21.6. The third-order valence-electron chi connectivity index (χ3n) is 13.2. The molecule has 1 aromatic heterocycles. The lowest BCUT2D eigenvalue weighted by Crippen LogP contribution is -2.19. The molecule has 8 aromatic carbocycles. The van der Waals surface area contributed by atoms with E-state index in [2.05, 4.69) is 220 Å². The van der Waals surface area contributed by atoms with Gasteiger partial charge in [0.25, 0.3) is 0 Å². The summed E-state index contributed by atoms with van der Waals surface area (Å²) in [6.45, 7) is 11.8. The Morgan fingerprint density at radius 2 is 1.00 bits per heavy atom. The Kier molecular flexibility index (Phi) is 7.20. The highest BCUT2D eigenvalue weighted by Crippen LogP contribution is 2.54. The molecule has 0 atom stereocenters. The van der Waals surface area contributed by atoms with Gasteiger partial charge in [0.05, 0.1) is 11.0 Å². The molecule has 0 saturated heterocycles. The molecular formula is C55H44N2. The number of aromatic nitrogens is 1. The van der Waals surface area contributed by atoms with Crippen LogP contribution in [0, 0.1) is 6.92 Å². The third kappa shape index (κ3) is 4.83. The molecule has 274 valence electrons. The van der Waals surface area contributed by atoms with Crippen molar-refractivity contribution in [3.63, 3.8) is 0 Å². The molecule has 0 bridgehead atoms. The highest BCUT2D eigenvalue weighted by molar-refractivity contribution is 6.10. The minimum Gasteiger partial charge on any atom is -0.310 e. The van der Waals surface area contributed by atoms with Gasteiger partial charge in [-0.25, -0.2) is 0 Å². The number of hydrogen-bond donors (Lipinski definition) is 0. The summed E-state index contributed by atoms with van der Waals surface area (Å²) in [4.78, 5) is 2.49. The molecule has 0 saturated carbocycles. The second-order valence-electron chi connectivity index (χ2n) is 17.0. The van der Waals surface area contributed by atoms with Gasteiger partial charge in [-0.2, -0.15) is 0 Å². The average molecular weight is 733 g/mol. The van der Waals surface area contributed by atoms with E-state index in [1.54, 1.807) is 0 Å². The van der Waals surface area contributed by atoms with Crippen LogP contribution in [0.3, 0.4) is 0 Å². The molecule has 0 amide bonds. The van der Waals surface area contributed by atoms with Gasteiger partial charge in [0, 0.05) is 44.4 Å². The predicted octanol–water partition coefficient (Wildman–Crippen LogP) is 14.8. The highest BCUT2D eigenvalue weighted by atomic mass is 15.1. The van der Waals surface area contributed by atoms with Gasteiger partial charge in [0.1, 0.15) is 0 Å². The van der Waals surface area contributed by atoms with E-state index in [0.29, 0.717) is 0 Å². The summed E-state index contributed by atoms with van der Waals surface area (Å²) in [5.74, 6) is 0. The minimum absolute atomic E-state index is 0.101. The predicted molar refractivity (Wildman–Crippen MR) is 241 cm³/mol. The number of benzene rings is 8. The third-order valence-corrected chi connectivity index (χ3v) is 13.2. The summed E-state index contributed by atoms with van der Waals surface area (Å²) >= 11 is 0. The van der Waals surface area contributed by atoms with Gasteiger partial charge >= 0.3 is 0 Å². The molecule has 11 rings (SSSR count). The first-order chi connectivity index (χ1) is 27.7. The van der Waals surface area contributed by atoms with Gasteiger partial charge in [-0.3, -0.25) is 0 Å². The molecular weight excluding hydrogens is 689 g/mol. The first-order valence-corrected chi connectivity index (χ1v) is 20.2. The van der Waals surface area contributed by atoms with Crippen LogP contribution in [-0.2, 0) is 10.8 Å². The van der Waals surface area contributed by atoms with Gasteiger partial charge in [0.2, 0.25) is 0 Å². The number of rotatable bonds is 5. The Morgan fingerprint density at radius 1 is 0.421 bits per heavy atom. The van der Waals surface area contributed by atoms with Crippen molar-refractivity contribution >= 4 is 38.9 Å². The molecule has 0 aliphatic heterocycles. The zero-order valence-electron chi connectivity index (χ0n) is 33.1. The van der Waals surface area contributed by atoms with E-state index in [9.17, 15) is 0 Å². The summed E-state index contributed by atoms with van der Waals surface area (Å²) in [6, 6.07) is 65.3. The van der Waals surface area contributed by atoms with Crippen molar-refractivity contribution < 1.29 is 0 Å². The summed E-state index contributed by atoms with van der Waals surface area (Å²) in [6.07, 6.45) is 0. The number of nitrogens with zero attached hydrogens (tertiary/aromatic N) is 2. The lowest BCUT2D eigenvalue weighted by Gasteiger charge is -2.32. The fourth-order valence-electron chi connectivity index (χ4n) is 10.4. The largest absolute Gasteiger partial charge is 0.310 e. The SMILES string of the molecule is Cc1c(N(c2ccc(-c3ccc4c(c3)c3ccccc3n4-c3ccccc3)cc2)c2ccc3c(c2)C(C)(C)c2ccccc2-3)ccc2c1C(C)(C)c1ccccc1-2. The fourth-order valence-corrected chi connectivity index (χ4v) is 10.4. The topological polar surface area (TPSA) is 8.17 Å². The zero-order chi connectivity index (χ0) is 38.6. The molecule has 9 aromatic rings. The van der Waals surface area contributed by atoms with Crippen LogP contribution < -0.4 is 4.90 Å². The van der Waals surface area contributed by atoms with E-state index in [-0.39, 0.29) is 10.8 Å². The molecule has 0 unspecified atom stereocenters. The molecule has 1 heterocycles. The molecule has 0 N–H and O–H groups in total. The van der Waals surface area contributed by atoms with E-state index < -0.39 is 0 Å². The van der Waals surface area contributed by atoms with E-state index in [1.807, 2.05) is 0 Å². The quantitative estimate of drug-likeness (QED) is 0.171. The van der Waals surface area contributed by atoms with Crippen LogP contribution in [0.1, 0.15) is 55.5 Å². The monoisotopic (exact) mass is 732 g/mol. The van der Waals surface area contributed by atoms with Crippen LogP contribution in [0.4, 0.5) is 17.1 Å². The van der Waals surface area contributed by atoms with Crippen molar-refractivity contribution in [2.24, 2.45) is 0 Å². The lowest BCUT2D eigenvalue weighted by atomic mass is 9.80. The first kappa shape index (κ1) is 33.7. The molecule has 0 radical (unpaired) electrons. The van der Waals surface area contributed by atoms with Crippen LogP contribution in [-0.4, -0.2) is 4.57 Å². The fraction of sp³-hybridized carbons (Fsp3) is 0.127. The van der Waals surface area contributed by atoms with Gasteiger partial charge in [0.15, 0.2) is 0 Å². The Balaban J connectivity index is 1.06. The van der Waals surface area contributed by atoms with E-state index in [1.165, 1.54) is 100 Å². The van der Waals surface area contributed by atoms with Crippen LogP contribution in [0.25, 0.3) is 60.9 Å². The number of hydrogen-bond acceptors (Lipinski definition) is 1. The molecule has 2 heteroatoms. The normalized spacial score (nSPS) is 14.3. The summed E-state index contributed by atoms with van der Waals surface area (Å²) in [7, 11) is 0. The Bertz CT molecular complexity index is 3070. The van der Waals surface area contributed by atoms with E-state index >= 15 is 0 Å².